The second kappa shape index (κ2) is 9.67. The first-order chi connectivity index (χ1) is 14.2. The lowest BCUT2D eigenvalue weighted by molar-refractivity contribution is -0.129. The van der Waals surface area contributed by atoms with Crippen LogP contribution >= 0.6 is 0 Å². The molecule has 0 bridgehead atoms. The highest BCUT2D eigenvalue weighted by molar-refractivity contribution is 5.84. The first-order valence-corrected chi connectivity index (χ1v) is 9.67. The number of nitrogens with one attached hydrogen (secondary N) is 1. The molecule has 0 atom stereocenters. The molecule has 148 valence electrons. The fourth-order valence-corrected chi connectivity index (χ4v) is 3.17. The predicted octanol–water partition coefficient (Wildman–Crippen LogP) is 3.37. The number of hydrogen-bond acceptors (Lipinski definition) is 4. The van der Waals surface area contributed by atoms with Crippen LogP contribution in [-0.4, -0.2) is 20.7 Å². The van der Waals surface area contributed by atoms with Crippen molar-refractivity contribution in [1.82, 2.24) is 15.0 Å². The molecule has 6 nitrogen and oxygen atoms in total. The molecule has 1 aromatic heterocycles. The van der Waals surface area contributed by atoms with Crippen LogP contribution in [0.3, 0.4) is 0 Å². The Labute approximate surface area is 169 Å². The molecule has 2 N–H and O–H groups in total. The van der Waals surface area contributed by atoms with Crippen LogP contribution in [0.4, 0.5) is 0 Å². The zero-order chi connectivity index (χ0) is 20.6. The van der Waals surface area contributed by atoms with Crippen LogP contribution in [-0.2, 0) is 11.2 Å². The highest BCUT2D eigenvalue weighted by Crippen LogP contribution is 2.17. The summed E-state index contributed by atoms with van der Waals surface area (Å²) >= 11 is 0. The Morgan fingerprint density at radius 2 is 1.97 bits per heavy atom. The van der Waals surface area contributed by atoms with Crippen molar-refractivity contribution >= 4 is 16.8 Å². The summed E-state index contributed by atoms with van der Waals surface area (Å²) < 4.78 is 1.67. The SMILES string of the molecule is CCCc1nc2cccc(C#CCCCC(=O)NO)c2c(=O)n1-c1ccccc1. The van der Waals surface area contributed by atoms with Gasteiger partial charge in [-0.15, -0.1) is 0 Å². The topological polar surface area (TPSA) is 84.2 Å². The maximum atomic E-state index is 13.4. The number of hydrogen-bond donors (Lipinski definition) is 2. The Morgan fingerprint density at radius 1 is 1.17 bits per heavy atom. The van der Waals surface area contributed by atoms with E-state index in [1.165, 1.54) is 0 Å². The van der Waals surface area contributed by atoms with Crippen molar-refractivity contribution in [3.63, 3.8) is 0 Å². The molecule has 29 heavy (non-hydrogen) atoms. The van der Waals surface area contributed by atoms with Gasteiger partial charge >= 0.3 is 0 Å². The van der Waals surface area contributed by atoms with E-state index in [9.17, 15) is 9.59 Å². The molecule has 0 fully saturated rings. The van der Waals surface area contributed by atoms with Crippen LogP contribution < -0.4 is 11.0 Å². The van der Waals surface area contributed by atoms with Gasteiger partial charge in [0.15, 0.2) is 0 Å². The van der Waals surface area contributed by atoms with Crippen molar-refractivity contribution in [3.05, 3.63) is 70.3 Å². The van der Waals surface area contributed by atoms with E-state index in [0.717, 1.165) is 17.9 Å². The minimum Gasteiger partial charge on any atom is -0.289 e. The normalized spacial score (nSPS) is 10.4. The van der Waals surface area contributed by atoms with Gasteiger partial charge in [0.1, 0.15) is 5.82 Å². The van der Waals surface area contributed by atoms with E-state index >= 15 is 0 Å². The third-order valence-electron chi connectivity index (χ3n) is 4.51. The van der Waals surface area contributed by atoms with Crippen LogP contribution in [0, 0.1) is 11.8 Å². The zero-order valence-corrected chi connectivity index (χ0v) is 16.3. The van der Waals surface area contributed by atoms with Gasteiger partial charge in [-0.1, -0.05) is 43.0 Å². The summed E-state index contributed by atoms with van der Waals surface area (Å²) in [4.78, 5) is 29.3. The van der Waals surface area contributed by atoms with Gasteiger partial charge in [-0.3, -0.25) is 19.4 Å². The number of unbranched alkanes of at least 4 members (excludes halogenated alkanes) is 1. The van der Waals surface area contributed by atoms with E-state index in [2.05, 4.69) is 18.8 Å². The van der Waals surface area contributed by atoms with Crippen LogP contribution in [0.2, 0.25) is 0 Å². The lowest BCUT2D eigenvalue weighted by Crippen LogP contribution is -2.24. The number of rotatable bonds is 6. The fourth-order valence-electron chi connectivity index (χ4n) is 3.17. The second-order valence-electron chi connectivity index (χ2n) is 6.64. The molecule has 2 aromatic carbocycles. The van der Waals surface area contributed by atoms with Gasteiger partial charge in [0.25, 0.3) is 5.56 Å². The largest absolute Gasteiger partial charge is 0.289 e. The van der Waals surface area contributed by atoms with E-state index in [-0.39, 0.29) is 12.0 Å². The Morgan fingerprint density at radius 3 is 2.69 bits per heavy atom. The smallest absolute Gasteiger partial charge is 0.267 e. The number of aryl methyl sites for hydroxylation is 1. The highest BCUT2D eigenvalue weighted by atomic mass is 16.5. The highest BCUT2D eigenvalue weighted by Gasteiger charge is 2.14. The maximum Gasteiger partial charge on any atom is 0.267 e. The predicted molar refractivity (Wildman–Crippen MR) is 112 cm³/mol. The molecule has 0 aliphatic rings. The Hall–Kier alpha value is -3.43. The molecule has 6 heteroatoms. The van der Waals surface area contributed by atoms with Crippen LogP contribution in [0.1, 0.15) is 44.0 Å². The summed E-state index contributed by atoms with van der Waals surface area (Å²) in [5.41, 5.74) is 3.52. The van der Waals surface area contributed by atoms with Gasteiger partial charge in [-0.05, 0) is 37.1 Å². The van der Waals surface area contributed by atoms with Crippen LogP contribution in [0.15, 0.2) is 53.3 Å². The van der Waals surface area contributed by atoms with Crippen molar-refractivity contribution < 1.29 is 10.0 Å². The van der Waals surface area contributed by atoms with Crippen molar-refractivity contribution in [1.29, 1.82) is 0 Å². The zero-order valence-electron chi connectivity index (χ0n) is 16.3. The molecule has 0 aliphatic heterocycles. The molecule has 3 rings (SSSR count). The quantitative estimate of drug-likeness (QED) is 0.293. The van der Waals surface area contributed by atoms with Crippen molar-refractivity contribution in [3.8, 4) is 17.5 Å². The molecule has 1 amide bonds. The lowest BCUT2D eigenvalue weighted by Gasteiger charge is -2.13. The Kier molecular flexibility index (Phi) is 6.77. The number of aromatic nitrogens is 2. The number of nitrogens with zero attached hydrogens (tertiary/aromatic N) is 2. The lowest BCUT2D eigenvalue weighted by atomic mass is 10.1. The molecular formula is C23H23N3O3. The number of carbonyl (C=O) groups excluding carboxylic acids is 1. The number of benzene rings is 2. The van der Waals surface area contributed by atoms with Crippen molar-refractivity contribution in [2.24, 2.45) is 0 Å². The number of hydroxylamine groups is 1. The van der Waals surface area contributed by atoms with Crippen molar-refractivity contribution in [2.75, 3.05) is 0 Å². The molecule has 0 saturated heterocycles. The molecule has 3 aromatic rings. The summed E-state index contributed by atoms with van der Waals surface area (Å²) in [6.45, 7) is 2.06. The second-order valence-corrected chi connectivity index (χ2v) is 6.64. The molecule has 1 heterocycles. The monoisotopic (exact) mass is 389 g/mol. The Balaban J connectivity index is 2.06. The van der Waals surface area contributed by atoms with Crippen molar-refractivity contribution in [2.45, 2.75) is 39.0 Å². The number of para-hydroxylation sites is 1. The Bertz CT molecular complexity index is 1130. The van der Waals surface area contributed by atoms with E-state index in [1.54, 1.807) is 10.0 Å². The van der Waals surface area contributed by atoms with Crippen LogP contribution in [0.5, 0.6) is 0 Å². The average molecular weight is 389 g/mol. The number of fused-ring (bicyclic) bond motifs is 1. The minimum absolute atomic E-state index is 0.130. The van der Waals surface area contributed by atoms with Gasteiger partial charge < -0.3 is 0 Å². The van der Waals surface area contributed by atoms with E-state index in [4.69, 9.17) is 10.2 Å². The number of carbonyl (C=O) groups is 1. The third-order valence-corrected chi connectivity index (χ3v) is 4.51. The van der Waals surface area contributed by atoms with Gasteiger partial charge in [-0.25, -0.2) is 10.5 Å². The standard InChI is InChI=1S/C23H23N3O3/c1-2-10-20-24-19-15-9-12-17(11-5-3-8-16-21(27)25-29)22(19)23(28)26(20)18-13-6-4-7-14-18/h4,6-7,9,12-15,29H,2-3,8,10,16H2,1H3,(H,25,27). The summed E-state index contributed by atoms with van der Waals surface area (Å²) in [6, 6.07) is 15.0. The summed E-state index contributed by atoms with van der Waals surface area (Å²) in [7, 11) is 0. The van der Waals surface area contributed by atoms with Gasteiger partial charge in [0.2, 0.25) is 5.91 Å². The summed E-state index contributed by atoms with van der Waals surface area (Å²) in [6.07, 6.45) is 2.79. The first-order valence-electron chi connectivity index (χ1n) is 9.67. The summed E-state index contributed by atoms with van der Waals surface area (Å²) in [5.74, 6) is 6.36. The number of amides is 1. The van der Waals surface area contributed by atoms with Gasteiger partial charge in [0, 0.05) is 24.8 Å². The molecule has 0 saturated carbocycles. The van der Waals surface area contributed by atoms with Gasteiger partial charge in [0.05, 0.1) is 16.6 Å². The molecule has 0 spiro atoms. The third kappa shape index (κ3) is 4.71. The fraction of sp³-hybridized carbons (Fsp3) is 0.261. The maximum absolute atomic E-state index is 13.4. The average Bonchev–Trinajstić information content (AvgIpc) is 2.74. The van der Waals surface area contributed by atoms with E-state index in [0.29, 0.717) is 35.7 Å². The molecule has 0 aliphatic carbocycles. The molecular weight excluding hydrogens is 366 g/mol. The van der Waals surface area contributed by atoms with Crippen LogP contribution in [0.25, 0.3) is 16.6 Å². The molecule has 0 radical (unpaired) electrons. The van der Waals surface area contributed by atoms with E-state index in [1.807, 2.05) is 48.5 Å². The van der Waals surface area contributed by atoms with E-state index < -0.39 is 5.91 Å². The molecule has 0 unspecified atom stereocenters. The first kappa shape index (κ1) is 20.3. The summed E-state index contributed by atoms with van der Waals surface area (Å²) in [5, 5.41) is 9.02. The minimum atomic E-state index is -0.435. The van der Waals surface area contributed by atoms with Gasteiger partial charge in [-0.2, -0.15) is 0 Å².